The highest BCUT2D eigenvalue weighted by molar-refractivity contribution is 7.99. The standard InChI is InChI=1S/C11H13N3O2S2/c1-3-14-10(8-5-4-6-17-8)12-13-11(14)18-7-9(15)16-2/h4-6H,3,7H2,1-2H3. The summed E-state index contributed by atoms with van der Waals surface area (Å²) in [6, 6.07) is 3.99. The molecule has 96 valence electrons. The van der Waals surface area contributed by atoms with E-state index < -0.39 is 0 Å². The van der Waals surface area contributed by atoms with Crippen molar-refractivity contribution in [1.82, 2.24) is 14.8 Å². The minimum Gasteiger partial charge on any atom is -0.468 e. The first-order valence-electron chi connectivity index (χ1n) is 5.43. The molecule has 0 unspecified atom stereocenters. The normalized spacial score (nSPS) is 10.6. The fourth-order valence-electron chi connectivity index (χ4n) is 1.45. The Morgan fingerprint density at radius 2 is 2.39 bits per heavy atom. The van der Waals surface area contributed by atoms with Crippen molar-refractivity contribution in [1.29, 1.82) is 0 Å². The minimum absolute atomic E-state index is 0.249. The molecule has 0 aromatic carbocycles. The van der Waals surface area contributed by atoms with Crippen LogP contribution in [0.5, 0.6) is 0 Å². The van der Waals surface area contributed by atoms with Gasteiger partial charge in [0.25, 0.3) is 0 Å². The summed E-state index contributed by atoms with van der Waals surface area (Å²) in [5.74, 6) is 0.835. The van der Waals surface area contributed by atoms with Crippen molar-refractivity contribution in [3.63, 3.8) is 0 Å². The monoisotopic (exact) mass is 283 g/mol. The van der Waals surface area contributed by atoms with Crippen molar-refractivity contribution in [2.75, 3.05) is 12.9 Å². The SMILES string of the molecule is CCn1c(SCC(=O)OC)nnc1-c1cccs1. The van der Waals surface area contributed by atoms with Crippen LogP contribution in [-0.4, -0.2) is 33.6 Å². The van der Waals surface area contributed by atoms with Crippen LogP contribution in [0.1, 0.15) is 6.92 Å². The van der Waals surface area contributed by atoms with Gasteiger partial charge in [-0.25, -0.2) is 0 Å². The van der Waals surface area contributed by atoms with Gasteiger partial charge in [-0.05, 0) is 18.4 Å². The van der Waals surface area contributed by atoms with Gasteiger partial charge in [-0.15, -0.1) is 21.5 Å². The Kier molecular flexibility index (Phi) is 4.38. The summed E-state index contributed by atoms with van der Waals surface area (Å²) in [6.07, 6.45) is 0. The van der Waals surface area contributed by atoms with Crippen LogP contribution in [0.4, 0.5) is 0 Å². The lowest BCUT2D eigenvalue weighted by atomic mass is 10.4. The predicted octanol–water partition coefficient (Wildman–Crippen LogP) is 2.29. The number of thiophene rings is 1. The van der Waals surface area contributed by atoms with Crippen LogP contribution in [0.3, 0.4) is 0 Å². The Balaban J connectivity index is 2.20. The second-order valence-electron chi connectivity index (χ2n) is 3.39. The summed E-state index contributed by atoms with van der Waals surface area (Å²) in [5, 5.41) is 11.1. The van der Waals surface area contributed by atoms with Crippen molar-refractivity contribution < 1.29 is 9.53 Å². The van der Waals surface area contributed by atoms with Crippen LogP contribution >= 0.6 is 23.1 Å². The van der Waals surface area contributed by atoms with Gasteiger partial charge in [0.05, 0.1) is 17.7 Å². The maximum atomic E-state index is 11.1. The molecule has 2 aromatic heterocycles. The van der Waals surface area contributed by atoms with Crippen LogP contribution < -0.4 is 0 Å². The third kappa shape index (κ3) is 2.73. The first-order valence-corrected chi connectivity index (χ1v) is 7.29. The molecule has 5 nitrogen and oxygen atoms in total. The number of hydrogen-bond acceptors (Lipinski definition) is 6. The summed E-state index contributed by atoms with van der Waals surface area (Å²) < 4.78 is 6.61. The fraction of sp³-hybridized carbons (Fsp3) is 0.364. The Morgan fingerprint density at radius 1 is 1.56 bits per heavy atom. The highest BCUT2D eigenvalue weighted by Gasteiger charge is 2.14. The zero-order valence-corrected chi connectivity index (χ0v) is 11.8. The van der Waals surface area contributed by atoms with E-state index in [1.54, 1.807) is 11.3 Å². The summed E-state index contributed by atoms with van der Waals surface area (Å²) in [4.78, 5) is 12.2. The van der Waals surface area contributed by atoms with E-state index in [1.807, 2.05) is 29.0 Å². The highest BCUT2D eigenvalue weighted by Crippen LogP contribution is 2.26. The first kappa shape index (κ1) is 13.1. The van der Waals surface area contributed by atoms with Crippen molar-refractivity contribution in [3.05, 3.63) is 17.5 Å². The fourth-order valence-corrected chi connectivity index (χ4v) is 3.00. The Labute approximate surface area is 113 Å². The molecule has 0 aliphatic heterocycles. The van der Waals surface area contributed by atoms with E-state index in [2.05, 4.69) is 14.9 Å². The van der Waals surface area contributed by atoms with Crippen molar-refractivity contribution >= 4 is 29.1 Å². The smallest absolute Gasteiger partial charge is 0.316 e. The van der Waals surface area contributed by atoms with E-state index in [4.69, 9.17) is 0 Å². The molecule has 0 aliphatic carbocycles. The Hall–Kier alpha value is -1.34. The number of ether oxygens (including phenoxy) is 1. The zero-order valence-electron chi connectivity index (χ0n) is 10.1. The first-order chi connectivity index (χ1) is 8.76. The van der Waals surface area contributed by atoms with Crippen LogP contribution in [0.15, 0.2) is 22.7 Å². The lowest BCUT2D eigenvalue weighted by Crippen LogP contribution is -2.05. The van der Waals surface area contributed by atoms with Crippen LogP contribution in [-0.2, 0) is 16.1 Å². The molecule has 2 heterocycles. The molecule has 0 radical (unpaired) electrons. The number of nitrogens with zero attached hydrogens (tertiary/aromatic N) is 3. The van der Waals surface area contributed by atoms with E-state index >= 15 is 0 Å². The molecule has 0 spiro atoms. The van der Waals surface area contributed by atoms with Crippen molar-refractivity contribution in [2.24, 2.45) is 0 Å². The van der Waals surface area contributed by atoms with E-state index in [1.165, 1.54) is 18.9 Å². The number of thioether (sulfide) groups is 1. The number of rotatable bonds is 5. The molecular weight excluding hydrogens is 270 g/mol. The van der Waals surface area contributed by atoms with E-state index in [-0.39, 0.29) is 11.7 Å². The zero-order chi connectivity index (χ0) is 13.0. The number of aromatic nitrogens is 3. The Morgan fingerprint density at radius 3 is 3.00 bits per heavy atom. The van der Waals surface area contributed by atoms with Gasteiger partial charge in [-0.2, -0.15) is 0 Å². The molecule has 18 heavy (non-hydrogen) atoms. The lowest BCUT2D eigenvalue weighted by molar-refractivity contribution is -0.137. The summed E-state index contributed by atoms with van der Waals surface area (Å²) in [5.41, 5.74) is 0. The number of carbonyl (C=O) groups excluding carboxylic acids is 1. The Bertz CT molecular complexity index is 522. The number of esters is 1. The molecule has 0 atom stereocenters. The van der Waals surface area contributed by atoms with Gasteiger partial charge in [-0.1, -0.05) is 17.8 Å². The van der Waals surface area contributed by atoms with Crippen LogP contribution in [0.25, 0.3) is 10.7 Å². The summed E-state index contributed by atoms with van der Waals surface area (Å²) >= 11 is 2.97. The van der Waals surface area contributed by atoms with E-state index in [0.29, 0.717) is 0 Å². The van der Waals surface area contributed by atoms with Crippen LogP contribution in [0, 0.1) is 0 Å². The van der Waals surface area contributed by atoms with Gasteiger partial charge in [0.2, 0.25) is 0 Å². The summed E-state index contributed by atoms with van der Waals surface area (Å²) in [6.45, 7) is 2.80. The molecule has 0 amide bonds. The van der Waals surface area contributed by atoms with Gasteiger partial charge in [0.1, 0.15) is 0 Å². The molecule has 0 saturated heterocycles. The molecular formula is C11H13N3O2S2. The van der Waals surface area contributed by atoms with E-state index in [9.17, 15) is 4.79 Å². The molecule has 0 aliphatic rings. The predicted molar refractivity (Wildman–Crippen MR) is 71.7 cm³/mol. The number of hydrogen-bond donors (Lipinski definition) is 0. The largest absolute Gasteiger partial charge is 0.468 e. The molecule has 7 heteroatoms. The average Bonchev–Trinajstić information content (AvgIpc) is 3.03. The topological polar surface area (TPSA) is 57.0 Å². The second-order valence-corrected chi connectivity index (χ2v) is 5.28. The van der Waals surface area contributed by atoms with Gasteiger partial charge in [0.15, 0.2) is 11.0 Å². The quantitative estimate of drug-likeness (QED) is 0.622. The highest BCUT2D eigenvalue weighted by atomic mass is 32.2. The third-order valence-corrected chi connectivity index (χ3v) is 4.13. The van der Waals surface area contributed by atoms with Gasteiger partial charge in [-0.3, -0.25) is 4.79 Å². The van der Waals surface area contributed by atoms with Gasteiger partial charge < -0.3 is 9.30 Å². The maximum Gasteiger partial charge on any atom is 0.316 e. The van der Waals surface area contributed by atoms with Gasteiger partial charge in [0, 0.05) is 6.54 Å². The molecule has 0 N–H and O–H groups in total. The number of carbonyl (C=O) groups is 1. The third-order valence-electron chi connectivity index (χ3n) is 2.32. The van der Waals surface area contributed by atoms with Crippen molar-refractivity contribution in [2.45, 2.75) is 18.6 Å². The second kappa shape index (κ2) is 6.01. The average molecular weight is 283 g/mol. The summed E-state index contributed by atoms with van der Waals surface area (Å²) in [7, 11) is 1.38. The van der Waals surface area contributed by atoms with Crippen molar-refractivity contribution in [3.8, 4) is 10.7 Å². The minimum atomic E-state index is -0.261. The molecule has 2 aromatic rings. The molecule has 0 fully saturated rings. The van der Waals surface area contributed by atoms with Crippen LogP contribution in [0.2, 0.25) is 0 Å². The molecule has 2 rings (SSSR count). The molecule has 0 bridgehead atoms. The maximum absolute atomic E-state index is 11.1. The molecule has 0 saturated carbocycles. The number of methoxy groups -OCH3 is 1. The van der Waals surface area contributed by atoms with E-state index in [0.717, 1.165) is 22.4 Å². The lowest BCUT2D eigenvalue weighted by Gasteiger charge is -2.05. The van der Waals surface area contributed by atoms with Gasteiger partial charge >= 0.3 is 5.97 Å².